The van der Waals surface area contributed by atoms with Crippen molar-refractivity contribution in [3.05, 3.63) is 0 Å². The minimum Gasteiger partial charge on any atom is -0.376 e. The zero-order chi connectivity index (χ0) is 13.9. The highest BCUT2D eigenvalue weighted by molar-refractivity contribution is 7.88. The largest absolute Gasteiger partial charge is 0.376 e. The number of sulfonamides is 1. The molecule has 110 valence electrons. The minimum atomic E-state index is -3.08. The fourth-order valence-electron chi connectivity index (χ4n) is 2.34. The molecule has 0 radical (unpaired) electrons. The predicted molar refractivity (Wildman–Crippen MR) is 77.6 cm³/mol. The molecule has 1 unspecified atom stereocenters. The van der Waals surface area contributed by atoms with Gasteiger partial charge in [-0.15, -0.1) is 0 Å². The standard InChI is InChI=1S/C11H21N3O3S2/c1-19(15,16)14-6-4-13(5-7-14)11(18)12-9-10-3-2-8-17-10/h10H,2-9H2,1H3,(H,12,18). The van der Waals surface area contributed by atoms with Crippen LogP contribution in [0.3, 0.4) is 0 Å². The van der Waals surface area contributed by atoms with E-state index in [1.165, 1.54) is 10.6 Å². The van der Waals surface area contributed by atoms with Gasteiger partial charge < -0.3 is 15.0 Å². The highest BCUT2D eigenvalue weighted by Crippen LogP contribution is 2.11. The third-order valence-electron chi connectivity index (χ3n) is 3.50. The van der Waals surface area contributed by atoms with E-state index in [0.717, 1.165) is 26.0 Å². The summed E-state index contributed by atoms with van der Waals surface area (Å²) in [7, 11) is -3.08. The van der Waals surface area contributed by atoms with Gasteiger partial charge in [0.1, 0.15) is 0 Å². The van der Waals surface area contributed by atoms with Crippen molar-refractivity contribution in [3.63, 3.8) is 0 Å². The van der Waals surface area contributed by atoms with Crippen LogP contribution in [-0.2, 0) is 14.8 Å². The van der Waals surface area contributed by atoms with Gasteiger partial charge in [-0.1, -0.05) is 0 Å². The summed E-state index contributed by atoms with van der Waals surface area (Å²) in [4.78, 5) is 2.02. The number of nitrogens with one attached hydrogen (secondary N) is 1. The molecule has 0 aromatic rings. The average molecular weight is 307 g/mol. The average Bonchev–Trinajstić information content (AvgIpc) is 2.88. The van der Waals surface area contributed by atoms with Crippen LogP contribution >= 0.6 is 12.2 Å². The molecule has 0 amide bonds. The van der Waals surface area contributed by atoms with Gasteiger partial charge in [0.25, 0.3) is 0 Å². The molecule has 2 saturated heterocycles. The molecule has 2 rings (SSSR count). The summed E-state index contributed by atoms with van der Waals surface area (Å²) >= 11 is 5.33. The molecule has 1 atom stereocenters. The van der Waals surface area contributed by atoms with Gasteiger partial charge in [0.2, 0.25) is 10.0 Å². The molecule has 2 fully saturated rings. The number of thiocarbonyl (C=S) groups is 1. The van der Waals surface area contributed by atoms with E-state index < -0.39 is 10.0 Å². The Bertz CT molecular complexity index is 413. The smallest absolute Gasteiger partial charge is 0.211 e. The van der Waals surface area contributed by atoms with E-state index in [4.69, 9.17) is 17.0 Å². The van der Waals surface area contributed by atoms with Gasteiger partial charge in [-0.05, 0) is 25.1 Å². The summed E-state index contributed by atoms with van der Waals surface area (Å²) < 4.78 is 29.8. The Morgan fingerprint density at radius 3 is 2.58 bits per heavy atom. The van der Waals surface area contributed by atoms with Crippen LogP contribution < -0.4 is 5.32 Å². The molecule has 0 aromatic carbocycles. The first kappa shape index (κ1) is 15.0. The Morgan fingerprint density at radius 2 is 2.05 bits per heavy atom. The van der Waals surface area contributed by atoms with Crippen LogP contribution in [0.2, 0.25) is 0 Å². The van der Waals surface area contributed by atoms with Crippen molar-refractivity contribution in [1.29, 1.82) is 0 Å². The quantitative estimate of drug-likeness (QED) is 0.717. The first-order valence-corrected chi connectivity index (χ1v) is 8.82. The molecule has 1 N–H and O–H groups in total. The number of rotatable bonds is 3. The van der Waals surface area contributed by atoms with Crippen molar-refractivity contribution in [2.45, 2.75) is 18.9 Å². The molecule has 2 aliphatic heterocycles. The van der Waals surface area contributed by atoms with Gasteiger partial charge in [-0.25, -0.2) is 8.42 Å². The molecule has 0 aliphatic carbocycles. The molecule has 6 nitrogen and oxygen atoms in total. The molecule has 19 heavy (non-hydrogen) atoms. The topological polar surface area (TPSA) is 61.9 Å². The predicted octanol–water partition coefficient (Wildman–Crippen LogP) is -0.383. The molecule has 0 aromatic heterocycles. The van der Waals surface area contributed by atoms with Gasteiger partial charge in [0.15, 0.2) is 5.11 Å². The number of nitrogens with zero attached hydrogens (tertiary/aromatic N) is 2. The van der Waals surface area contributed by atoms with Gasteiger partial charge in [-0.2, -0.15) is 4.31 Å². The van der Waals surface area contributed by atoms with Crippen molar-refractivity contribution >= 4 is 27.4 Å². The summed E-state index contributed by atoms with van der Waals surface area (Å²) in [6, 6.07) is 0. The van der Waals surface area contributed by atoms with Crippen molar-refractivity contribution in [2.24, 2.45) is 0 Å². The fraction of sp³-hybridized carbons (Fsp3) is 0.909. The molecule has 2 heterocycles. The van der Waals surface area contributed by atoms with Crippen LogP contribution in [0.5, 0.6) is 0 Å². The highest BCUT2D eigenvalue weighted by atomic mass is 32.2. The molecule has 0 saturated carbocycles. The zero-order valence-corrected chi connectivity index (χ0v) is 12.8. The lowest BCUT2D eigenvalue weighted by molar-refractivity contribution is 0.113. The Labute approximate surface area is 120 Å². The lowest BCUT2D eigenvalue weighted by Gasteiger charge is -2.35. The molecule has 8 heteroatoms. The zero-order valence-electron chi connectivity index (χ0n) is 11.2. The van der Waals surface area contributed by atoms with Crippen LogP contribution in [0.4, 0.5) is 0 Å². The van der Waals surface area contributed by atoms with E-state index in [9.17, 15) is 8.42 Å². The minimum absolute atomic E-state index is 0.259. The van der Waals surface area contributed by atoms with Gasteiger partial charge >= 0.3 is 0 Å². The second-order valence-electron chi connectivity index (χ2n) is 4.97. The van der Waals surface area contributed by atoms with Crippen LogP contribution in [0.15, 0.2) is 0 Å². The second kappa shape index (κ2) is 6.34. The molecule has 0 bridgehead atoms. The van der Waals surface area contributed by atoms with Gasteiger partial charge in [-0.3, -0.25) is 0 Å². The van der Waals surface area contributed by atoms with E-state index in [0.29, 0.717) is 31.3 Å². The summed E-state index contributed by atoms with van der Waals surface area (Å²) in [5.41, 5.74) is 0. The third kappa shape index (κ3) is 4.27. The summed E-state index contributed by atoms with van der Waals surface area (Å²) in [5, 5.41) is 3.91. The van der Waals surface area contributed by atoms with Crippen molar-refractivity contribution < 1.29 is 13.2 Å². The van der Waals surface area contributed by atoms with Gasteiger partial charge in [0.05, 0.1) is 12.4 Å². The molecule has 0 spiro atoms. The Hall–Kier alpha value is -0.440. The summed E-state index contributed by atoms with van der Waals surface area (Å²) in [6.45, 7) is 3.87. The third-order valence-corrected chi connectivity index (χ3v) is 5.21. The van der Waals surface area contributed by atoms with Crippen molar-refractivity contribution in [1.82, 2.24) is 14.5 Å². The fourth-order valence-corrected chi connectivity index (χ4v) is 3.43. The van der Waals surface area contributed by atoms with E-state index in [1.807, 2.05) is 4.90 Å². The summed E-state index contributed by atoms with van der Waals surface area (Å²) in [5.74, 6) is 0. The van der Waals surface area contributed by atoms with Crippen molar-refractivity contribution in [2.75, 3.05) is 45.6 Å². The lowest BCUT2D eigenvalue weighted by atomic mass is 10.2. The normalized spacial score (nSPS) is 25.5. The Morgan fingerprint density at radius 1 is 1.37 bits per heavy atom. The van der Waals surface area contributed by atoms with Crippen LogP contribution in [-0.4, -0.2) is 74.4 Å². The number of ether oxygens (including phenoxy) is 1. The SMILES string of the molecule is CS(=O)(=O)N1CCN(C(=S)NCC2CCCO2)CC1. The maximum absolute atomic E-state index is 11.4. The first-order valence-electron chi connectivity index (χ1n) is 6.56. The van der Waals surface area contributed by atoms with E-state index in [-0.39, 0.29) is 6.10 Å². The number of piperazine rings is 1. The van der Waals surface area contributed by atoms with Crippen molar-refractivity contribution in [3.8, 4) is 0 Å². The first-order chi connectivity index (χ1) is 8.97. The maximum Gasteiger partial charge on any atom is 0.211 e. The second-order valence-corrected chi connectivity index (χ2v) is 7.34. The van der Waals surface area contributed by atoms with Crippen LogP contribution in [0.1, 0.15) is 12.8 Å². The molecule has 2 aliphatic rings. The lowest BCUT2D eigenvalue weighted by Crippen LogP contribution is -2.53. The summed E-state index contributed by atoms with van der Waals surface area (Å²) in [6.07, 6.45) is 3.70. The van der Waals surface area contributed by atoms with Crippen LogP contribution in [0, 0.1) is 0 Å². The van der Waals surface area contributed by atoms with E-state index >= 15 is 0 Å². The van der Waals surface area contributed by atoms with E-state index in [1.54, 1.807) is 0 Å². The van der Waals surface area contributed by atoms with Gasteiger partial charge in [0, 0.05) is 39.3 Å². The van der Waals surface area contributed by atoms with E-state index in [2.05, 4.69) is 5.32 Å². The monoisotopic (exact) mass is 307 g/mol. The maximum atomic E-state index is 11.4. The highest BCUT2D eigenvalue weighted by Gasteiger charge is 2.25. The molecular formula is C11H21N3O3S2. The van der Waals surface area contributed by atoms with Crippen LogP contribution in [0.25, 0.3) is 0 Å². The Kier molecular flexibility index (Phi) is 4.99. The molecular weight excluding hydrogens is 286 g/mol. The number of hydrogen-bond donors (Lipinski definition) is 1. The number of hydrogen-bond acceptors (Lipinski definition) is 4. The Balaban J connectivity index is 1.73.